The van der Waals surface area contributed by atoms with Gasteiger partial charge in [0.1, 0.15) is 11.8 Å². The SMILES string of the molecule is CNCCO.N#Cc1cc(-c2nc(-c3cccc4c3CCC4)no2)ccc1O. The molecule has 0 aliphatic heterocycles. The van der Waals surface area contributed by atoms with Gasteiger partial charge in [-0.25, -0.2) is 0 Å². The quantitative estimate of drug-likeness (QED) is 0.639. The molecule has 0 spiro atoms. The summed E-state index contributed by atoms with van der Waals surface area (Å²) in [4.78, 5) is 4.46. The van der Waals surface area contributed by atoms with Crippen molar-refractivity contribution in [2.24, 2.45) is 0 Å². The van der Waals surface area contributed by atoms with Crippen molar-refractivity contribution in [1.29, 1.82) is 5.26 Å². The molecule has 1 aliphatic carbocycles. The maximum atomic E-state index is 9.58. The molecule has 28 heavy (non-hydrogen) atoms. The lowest BCUT2D eigenvalue weighted by Crippen LogP contribution is -2.10. The number of fused-ring (bicyclic) bond motifs is 1. The zero-order valence-corrected chi connectivity index (χ0v) is 15.6. The third-order valence-corrected chi connectivity index (χ3v) is 4.54. The van der Waals surface area contributed by atoms with E-state index in [1.165, 1.54) is 17.2 Å². The third kappa shape index (κ3) is 4.19. The van der Waals surface area contributed by atoms with Gasteiger partial charge in [0.05, 0.1) is 12.2 Å². The Morgan fingerprint density at radius 3 is 2.82 bits per heavy atom. The van der Waals surface area contributed by atoms with Gasteiger partial charge < -0.3 is 20.1 Å². The number of phenolic OH excluding ortho intramolecular Hbond substituents is 1. The topological polar surface area (TPSA) is 115 Å². The average molecular weight is 378 g/mol. The molecule has 144 valence electrons. The molecular weight excluding hydrogens is 356 g/mol. The van der Waals surface area contributed by atoms with Crippen LogP contribution < -0.4 is 5.32 Å². The van der Waals surface area contributed by atoms with Gasteiger partial charge in [-0.3, -0.25) is 0 Å². The molecule has 7 heteroatoms. The summed E-state index contributed by atoms with van der Waals surface area (Å²) in [5, 5.41) is 33.4. The van der Waals surface area contributed by atoms with Crippen LogP contribution in [-0.2, 0) is 12.8 Å². The minimum absolute atomic E-state index is 0.0585. The number of hydrogen-bond acceptors (Lipinski definition) is 7. The van der Waals surface area contributed by atoms with Crippen molar-refractivity contribution in [3.05, 3.63) is 53.1 Å². The lowest BCUT2D eigenvalue weighted by Gasteiger charge is -2.03. The van der Waals surface area contributed by atoms with Crippen molar-refractivity contribution < 1.29 is 14.7 Å². The van der Waals surface area contributed by atoms with Crippen molar-refractivity contribution in [3.8, 4) is 34.7 Å². The van der Waals surface area contributed by atoms with E-state index in [2.05, 4.69) is 21.5 Å². The molecule has 0 unspecified atom stereocenters. The fourth-order valence-corrected chi connectivity index (χ4v) is 3.15. The lowest BCUT2D eigenvalue weighted by molar-refractivity contribution is 0.296. The fourth-order valence-electron chi connectivity index (χ4n) is 3.15. The van der Waals surface area contributed by atoms with E-state index in [-0.39, 0.29) is 17.9 Å². The van der Waals surface area contributed by atoms with Gasteiger partial charge in [-0.15, -0.1) is 0 Å². The van der Waals surface area contributed by atoms with E-state index in [9.17, 15) is 5.11 Å². The number of rotatable bonds is 4. The Morgan fingerprint density at radius 1 is 1.25 bits per heavy atom. The number of likely N-dealkylation sites (N-methyl/N-ethyl adjacent to an activating group) is 1. The number of aromatic hydroxyl groups is 1. The second-order valence-corrected chi connectivity index (χ2v) is 6.39. The Bertz CT molecular complexity index is 990. The molecule has 0 atom stereocenters. The molecule has 0 amide bonds. The number of aryl methyl sites for hydroxylation is 1. The molecule has 7 nitrogen and oxygen atoms in total. The zero-order valence-electron chi connectivity index (χ0n) is 15.6. The Labute approximate surface area is 163 Å². The fraction of sp³-hybridized carbons (Fsp3) is 0.286. The molecule has 1 heterocycles. The Hall–Kier alpha value is -3.21. The molecule has 0 fully saturated rings. The second kappa shape index (κ2) is 9.13. The lowest BCUT2D eigenvalue weighted by atomic mass is 10.0. The van der Waals surface area contributed by atoms with Crippen LogP contribution in [0.15, 0.2) is 40.9 Å². The van der Waals surface area contributed by atoms with Gasteiger partial charge >= 0.3 is 0 Å². The van der Waals surface area contributed by atoms with E-state index in [4.69, 9.17) is 14.9 Å². The number of aliphatic hydroxyl groups is 1. The summed E-state index contributed by atoms with van der Waals surface area (Å²) >= 11 is 0. The van der Waals surface area contributed by atoms with Crippen LogP contribution >= 0.6 is 0 Å². The minimum Gasteiger partial charge on any atom is -0.507 e. The molecule has 0 bridgehead atoms. The number of nitrogens with one attached hydrogen (secondary N) is 1. The van der Waals surface area contributed by atoms with E-state index in [0.717, 1.165) is 24.8 Å². The highest BCUT2D eigenvalue weighted by molar-refractivity contribution is 5.66. The van der Waals surface area contributed by atoms with Gasteiger partial charge in [0.2, 0.25) is 5.82 Å². The van der Waals surface area contributed by atoms with Gasteiger partial charge in [-0.2, -0.15) is 10.2 Å². The molecule has 1 aromatic heterocycles. The molecule has 0 saturated carbocycles. The first-order chi connectivity index (χ1) is 13.7. The monoisotopic (exact) mass is 378 g/mol. The number of nitrogens with zero attached hydrogens (tertiary/aromatic N) is 3. The number of phenols is 1. The van der Waals surface area contributed by atoms with Gasteiger partial charge in [0, 0.05) is 17.7 Å². The minimum atomic E-state index is -0.0585. The first-order valence-corrected chi connectivity index (χ1v) is 9.11. The van der Waals surface area contributed by atoms with Crippen LogP contribution in [0.5, 0.6) is 5.75 Å². The molecule has 3 N–H and O–H groups in total. The van der Waals surface area contributed by atoms with Crippen LogP contribution in [-0.4, -0.2) is 40.6 Å². The van der Waals surface area contributed by atoms with Crippen molar-refractivity contribution in [2.75, 3.05) is 20.2 Å². The molecular formula is C21H22N4O3. The van der Waals surface area contributed by atoms with E-state index in [1.54, 1.807) is 19.2 Å². The van der Waals surface area contributed by atoms with Crippen LogP contribution in [0.3, 0.4) is 0 Å². The standard InChI is InChI=1S/C18H13N3O2.C3H9NO/c19-10-13-9-12(7-8-16(13)22)18-20-17(21-23-18)15-6-2-4-11-3-1-5-14(11)15;1-4-2-3-5/h2,4,6-9,22H,1,3,5H2;4-5H,2-3H2,1H3. The van der Waals surface area contributed by atoms with Gasteiger partial charge in [0.25, 0.3) is 5.89 Å². The van der Waals surface area contributed by atoms with Crippen LogP contribution in [0.25, 0.3) is 22.8 Å². The van der Waals surface area contributed by atoms with Crippen molar-refractivity contribution >= 4 is 0 Å². The second-order valence-electron chi connectivity index (χ2n) is 6.39. The third-order valence-electron chi connectivity index (χ3n) is 4.54. The van der Waals surface area contributed by atoms with Crippen LogP contribution in [0, 0.1) is 11.3 Å². The van der Waals surface area contributed by atoms with E-state index < -0.39 is 0 Å². The molecule has 0 radical (unpaired) electrons. The maximum absolute atomic E-state index is 9.58. The zero-order chi connectivity index (χ0) is 19.9. The average Bonchev–Trinajstić information content (AvgIpc) is 3.39. The summed E-state index contributed by atoms with van der Waals surface area (Å²) in [7, 11) is 1.80. The van der Waals surface area contributed by atoms with E-state index in [1.807, 2.05) is 18.2 Å². The van der Waals surface area contributed by atoms with Gasteiger partial charge in [-0.05, 0) is 55.6 Å². The smallest absolute Gasteiger partial charge is 0.258 e. The van der Waals surface area contributed by atoms with E-state index >= 15 is 0 Å². The normalized spacial score (nSPS) is 12.0. The summed E-state index contributed by atoms with van der Waals surface area (Å²) in [5.74, 6) is 0.842. The maximum Gasteiger partial charge on any atom is 0.258 e. The molecule has 4 rings (SSSR count). The van der Waals surface area contributed by atoms with Crippen molar-refractivity contribution in [3.63, 3.8) is 0 Å². The summed E-state index contributed by atoms with van der Waals surface area (Å²) < 4.78 is 5.35. The van der Waals surface area contributed by atoms with Gasteiger partial charge in [0.15, 0.2) is 0 Å². The first-order valence-electron chi connectivity index (χ1n) is 9.11. The Morgan fingerprint density at radius 2 is 2.11 bits per heavy atom. The largest absolute Gasteiger partial charge is 0.507 e. The summed E-state index contributed by atoms with van der Waals surface area (Å²) in [6.07, 6.45) is 3.28. The Kier molecular flexibility index (Phi) is 6.37. The van der Waals surface area contributed by atoms with E-state index in [0.29, 0.717) is 23.8 Å². The number of aliphatic hydroxyl groups excluding tert-OH is 1. The van der Waals surface area contributed by atoms with Gasteiger partial charge in [-0.1, -0.05) is 23.4 Å². The molecule has 1 aliphatic rings. The highest BCUT2D eigenvalue weighted by Gasteiger charge is 2.19. The summed E-state index contributed by atoms with van der Waals surface area (Å²) in [6.45, 7) is 0.927. The predicted octanol–water partition coefficient (Wildman–Crippen LogP) is 2.67. The van der Waals surface area contributed by atoms with Crippen LogP contribution in [0.4, 0.5) is 0 Å². The predicted molar refractivity (Wildman–Crippen MR) is 105 cm³/mol. The molecule has 2 aromatic carbocycles. The Balaban J connectivity index is 0.000000403. The molecule has 0 saturated heterocycles. The van der Waals surface area contributed by atoms with Crippen LogP contribution in [0.1, 0.15) is 23.1 Å². The summed E-state index contributed by atoms with van der Waals surface area (Å²) in [5.41, 5.74) is 4.45. The summed E-state index contributed by atoms with van der Waals surface area (Å²) in [6, 6.07) is 12.8. The first kappa shape index (κ1) is 19.5. The number of nitriles is 1. The van der Waals surface area contributed by atoms with Crippen molar-refractivity contribution in [2.45, 2.75) is 19.3 Å². The highest BCUT2D eigenvalue weighted by Crippen LogP contribution is 2.32. The number of benzene rings is 2. The number of hydrogen-bond donors (Lipinski definition) is 3. The van der Waals surface area contributed by atoms with Crippen molar-refractivity contribution in [1.82, 2.24) is 15.5 Å². The van der Waals surface area contributed by atoms with Crippen LogP contribution in [0.2, 0.25) is 0 Å². The number of aromatic nitrogens is 2. The molecule has 3 aromatic rings. The highest BCUT2D eigenvalue weighted by atomic mass is 16.5.